The molecule has 0 radical (unpaired) electrons. The predicted molar refractivity (Wildman–Crippen MR) is 115 cm³/mol. The molecule has 0 bridgehead atoms. The molecule has 2 aromatic rings. The molecule has 1 amide bonds. The second kappa shape index (κ2) is 9.84. The molecule has 0 atom stereocenters. The number of aryl methyl sites for hydroxylation is 1. The Labute approximate surface area is 177 Å². The van der Waals surface area contributed by atoms with E-state index < -0.39 is 10.0 Å². The van der Waals surface area contributed by atoms with Crippen LogP contribution in [0.1, 0.15) is 11.1 Å². The number of amides is 1. The second-order valence-electron chi connectivity index (χ2n) is 7.06. The van der Waals surface area contributed by atoms with Crippen LogP contribution in [0.5, 0.6) is 5.75 Å². The van der Waals surface area contributed by atoms with Crippen molar-refractivity contribution in [1.82, 2.24) is 14.6 Å². The van der Waals surface area contributed by atoms with E-state index in [2.05, 4.69) is 10.5 Å². The quantitative estimate of drug-likeness (QED) is 0.531. The highest BCUT2D eigenvalue weighted by molar-refractivity contribution is 7.89. The molecule has 0 unspecified atom stereocenters. The summed E-state index contributed by atoms with van der Waals surface area (Å²) in [6.45, 7) is 3.75. The lowest BCUT2D eigenvalue weighted by Gasteiger charge is -2.33. The first kappa shape index (κ1) is 21.9. The number of sulfonamides is 1. The van der Waals surface area contributed by atoms with Crippen LogP contribution in [0.2, 0.25) is 0 Å². The number of carbonyl (C=O) groups is 1. The number of carbonyl (C=O) groups excluding carboxylic acids is 1. The van der Waals surface area contributed by atoms with Gasteiger partial charge in [-0.25, -0.2) is 13.8 Å². The Balaban J connectivity index is 1.46. The van der Waals surface area contributed by atoms with Gasteiger partial charge in [-0.1, -0.05) is 17.7 Å². The third-order valence-corrected chi connectivity index (χ3v) is 6.79. The van der Waals surface area contributed by atoms with Gasteiger partial charge in [0.2, 0.25) is 10.0 Å². The molecule has 1 fully saturated rings. The van der Waals surface area contributed by atoms with Crippen molar-refractivity contribution in [3.8, 4) is 5.75 Å². The molecule has 30 heavy (non-hydrogen) atoms. The van der Waals surface area contributed by atoms with E-state index in [0.717, 1.165) is 16.9 Å². The number of hydrogen-bond donors (Lipinski definition) is 1. The van der Waals surface area contributed by atoms with Gasteiger partial charge >= 0.3 is 0 Å². The maximum absolute atomic E-state index is 12.7. The van der Waals surface area contributed by atoms with Gasteiger partial charge in [0.1, 0.15) is 5.75 Å². The van der Waals surface area contributed by atoms with E-state index in [4.69, 9.17) is 4.74 Å². The number of rotatable bonds is 7. The van der Waals surface area contributed by atoms with Gasteiger partial charge in [0, 0.05) is 26.2 Å². The number of benzene rings is 2. The van der Waals surface area contributed by atoms with Crippen LogP contribution in [0.15, 0.2) is 58.5 Å². The second-order valence-corrected chi connectivity index (χ2v) is 9.00. The number of hydrazone groups is 1. The number of hydrogen-bond acceptors (Lipinski definition) is 6. The van der Waals surface area contributed by atoms with Gasteiger partial charge in [-0.3, -0.25) is 9.69 Å². The first-order valence-corrected chi connectivity index (χ1v) is 11.1. The van der Waals surface area contributed by atoms with Gasteiger partial charge in [-0.05, 0) is 48.9 Å². The van der Waals surface area contributed by atoms with E-state index in [0.29, 0.717) is 31.1 Å². The molecule has 0 saturated carbocycles. The van der Waals surface area contributed by atoms with Crippen molar-refractivity contribution in [3.63, 3.8) is 0 Å². The number of piperazine rings is 1. The molecule has 3 rings (SSSR count). The average Bonchev–Trinajstić information content (AvgIpc) is 2.75. The normalized spacial score (nSPS) is 15.9. The molecule has 0 spiro atoms. The van der Waals surface area contributed by atoms with Crippen molar-refractivity contribution in [3.05, 3.63) is 59.7 Å². The fourth-order valence-corrected chi connectivity index (χ4v) is 4.52. The fraction of sp³-hybridized carbons (Fsp3) is 0.333. The summed E-state index contributed by atoms with van der Waals surface area (Å²) < 4.78 is 32.0. The summed E-state index contributed by atoms with van der Waals surface area (Å²) in [4.78, 5) is 14.3. The Hall–Kier alpha value is -2.75. The standard InChI is InChI=1S/C21H26N4O4S/c1-17-3-9-20(10-4-17)30(27,28)25-13-11-24(12-14-25)16-21(26)23-22-15-18-5-7-19(29-2)8-6-18/h3-10,15H,11-14,16H2,1-2H3,(H,23,26)/b22-15-. The first-order chi connectivity index (χ1) is 14.4. The lowest BCUT2D eigenvalue weighted by atomic mass is 10.2. The lowest BCUT2D eigenvalue weighted by molar-refractivity contribution is -0.122. The van der Waals surface area contributed by atoms with Crippen LogP contribution >= 0.6 is 0 Å². The zero-order valence-corrected chi connectivity index (χ0v) is 17.9. The Bertz CT molecular complexity index is 981. The van der Waals surface area contributed by atoms with E-state index in [1.165, 1.54) is 4.31 Å². The summed E-state index contributed by atoms with van der Waals surface area (Å²) in [5, 5.41) is 3.97. The summed E-state index contributed by atoms with van der Waals surface area (Å²) in [7, 11) is -1.91. The van der Waals surface area contributed by atoms with E-state index in [1.54, 1.807) is 37.6 Å². The molecule has 1 aliphatic heterocycles. The summed E-state index contributed by atoms with van der Waals surface area (Å²) in [6, 6.07) is 14.1. The fourth-order valence-electron chi connectivity index (χ4n) is 3.09. The van der Waals surface area contributed by atoms with Gasteiger partial charge in [0.15, 0.2) is 0 Å². The van der Waals surface area contributed by atoms with Gasteiger partial charge < -0.3 is 4.74 Å². The highest BCUT2D eigenvalue weighted by Crippen LogP contribution is 2.18. The molecular formula is C21H26N4O4S. The maximum Gasteiger partial charge on any atom is 0.254 e. The average molecular weight is 431 g/mol. The number of nitrogens with zero attached hydrogens (tertiary/aromatic N) is 3. The van der Waals surface area contributed by atoms with E-state index in [9.17, 15) is 13.2 Å². The van der Waals surface area contributed by atoms with Gasteiger partial charge in [-0.15, -0.1) is 0 Å². The minimum Gasteiger partial charge on any atom is -0.497 e. The topological polar surface area (TPSA) is 91.3 Å². The number of ether oxygens (including phenoxy) is 1. The van der Waals surface area contributed by atoms with Crippen molar-refractivity contribution in [2.24, 2.45) is 5.10 Å². The summed E-state index contributed by atoms with van der Waals surface area (Å²) in [5.74, 6) is 0.509. The minimum absolute atomic E-state index is 0.165. The molecule has 160 valence electrons. The van der Waals surface area contributed by atoms with Crippen LogP contribution in [0, 0.1) is 6.92 Å². The minimum atomic E-state index is -3.51. The van der Waals surface area contributed by atoms with Crippen molar-refractivity contribution >= 4 is 22.1 Å². The monoisotopic (exact) mass is 430 g/mol. The van der Waals surface area contributed by atoms with E-state index in [-0.39, 0.29) is 12.5 Å². The molecule has 8 nitrogen and oxygen atoms in total. The van der Waals surface area contributed by atoms with E-state index >= 15 is 0 Å². The van der Waals surface area contributed by atoms with Crippen LogP contribution in [-0.2, 0) is 14.8 Å². The van der Waals surface area contributed by atoms with Crippen LogP contribution < -0.4 is 10.2 Å². The summed E-state index contributed by atoms with van der Waals surface area (Å²) >= 11 is 0. The Morgan fingerprint density at radius 3 is 2.30 bits per heavy atom. The Morgan fingerprint density at radius 1 is 1.07 bits per heavy atom. The number of methoxy groups -OCH3 is 1. The van der Waals surface area contributed by atoms with Crippen molar-refractivity contribution in [2.75, 3.05) is 39.8 Å². The molecule has 1 N–H and O–H groups in total. The maximum atomic E-state index is 12.7. The molecule has 1 saturated heterocycles. The Morgan fingerprint density at radius 2 is 1.70 bits per heavy atom. The highest BCUT2D eigenvalue weighted by Gasteiger charge is 2.28. The Kier molecular flexibility index (Phi) is 7.20. The first-order valence-electron chi connectivity index (χ1n) is 9.63. The van der Waals surface area contributed by atoms with Crippen LogP contribution in [-0.4, -0.2) is 69.6 Å². The zero-order chi connectivity index (χ0) is 21.6. The molecule has 1 heterocycles. The van der Waals surface area contributed by atoms with Gasteiger partial charge in [-0.2, -0.15) is 9.41 Å². The largest absolute Gasteiger partial charge is 0.497 e. The molecule has 0 aliphatic carbocycles. The molecule has 0 aromatic heterocycles. The smallest absolute Gasteiger partial charge is 0.254 e. The van der Waals surface area contributed by atoms with E-state index in [1.807, 2.05) is 36.1 Å². The molecule has 1 aliphatic rings. The SMILES string of the molecule is COc1ccc(/C=N\NC(=O)CN2CCN(S(=O)(=O)c3ccc(C)cc3)CC2)cc1. The van der Waals surface area contributed by atoms with Gasteiger partial charge in [0.25, 0.3) is 5.91 Å². The van der Waals surface area contributed by atoms with Crippen LogP contribution in [0.25, 0.3) is 0 Å². The molecule has 2 aromatic carbocycles. The van der Waals surface area contributed by atoms with Crippen molar-refractivity contribution in [1.29, 1.82) is 0 Å². The predicted octanol–water partition coefficient (Wildman–Crippen LogP) is 1.46. The third kappa shape index (κ3) is 5.65. The van der Waals surface area contributed by atoms with Crippen LogP contribution in [0.3, 0.4) is 0 Å². The van der Waals surface area contributed by atoms with Crippen molar-refractivity contribution in [2.45, 2.75) is 11.8 Å². The molecular weight excluding hydrogens is 404 g/mol. The molecule has 9 heteroatoms. The summed E-state index contributed by atoms with van der Waals surface area (Å²) in [6.07, 6.45) is 1.56. The van der Waals surface area contributed by atoms with Crippen molar-refractivity contribution < 1.29 is 17.9 Å². The zero-order valence-electron chi connectivity index (χ0n) is 17.1. The van der Waals surface area contributed by atoms with Gasteiger partial charge in [0.05, 0.1) is 24.8 Å². The highest BCUT2D eigenvalue weighted by atomic mass is 32.2. The van der Waals surface area contributed by atoms with Crippen LogP contribution in [0.4, 0.5) is 0 Å². The lowest BCUT2D eigenvalue weighted by Crippen LogP contribution is -2.50. The summed E-state index contributed by atoms with van der Waals surface area (Å²) in [5.41, 5.74) is 4.36. The number of nitrogens with one attached hydrogen (secondary N) is 1. The third-order valence-electron chi connectivity index (χ3n) is 4.88.